The fraction of sp³-hybridized carbons (Fsp3) is 0.556. The third kappa shape index (κ3) is 4.25. The fourth-order valence-corrected chi connectivity index (χ4v) is 3.55. The molecule has 1 aromatic carbocycles. The van der Waals surface area contributed by atoms with Crippen molar-refractivity contribution in [2.75, 3.05) is 38.3 Å². The maximum atomic E-state index is 12.4. The van der Waals surface area contributed by atoms with Crippen LogP contribution in [0.2, 0.25) is 5.02 Å². The third-order valence-electron chi connectivity index (χ3n) is 4.85. The van der Waals surface area contributed by atoms with Crippen molar-refractivity contribution < 1.29 is 19.1 Å². The first-order chi connectivity index (χ1) is 12.1. The van der Waals surface area contributed by atoms with Gasteiger partial charge in [0.15, 0.2) is 0 Å². The second-order valence-corrected chi connectivity index (χ2v) is 6.93. The molecule has 25 heavy (non-hydrogen) atoms. The highest BCUT2D eigenvalue weighted by Crippen LogP contribution is 2.32. The number of halogens is 1. The first kappa shape index (κ1) is 18.0. The predicted octanol–water partition coefficient (Wildman–Crippen LogP) is 2.24. The number of methoxy groups -OCH3 is 1. The molecule has 1 aromatic rings. The van der Waals surface area contributed by atoms with E-state index in [2.05, 4.69) is 5.32 Å². The molecular formula is C18H23ClN2O4. The highest BCUT2D eigenvalue weighted by atomic mass is 35.5. The van der Waals surface area contributed by atoms with Gasteiger partial charge in [0.1, 0.15) is 5.75 Å². The van der Waals surface area contributed by atoms with Gasteiger partial charge >= 0.3 is 0 Å². The van der Waals surface area contributed by atoms with Crippen molar-refractivity contribution in [1.82, 2.24) is 5.32 Å². The van der Waals surface area contributed by atoms with Gasteiger partial charge in [-0.25, -0.2) is 0 Å². The largest absolute Gasteiger partial charge is 0.495 e. The van der Waals surface area contributed by atoms with Crippen molar-refractivity contribution in [2.45, 2.75) is 19.3 Å². The average molecular weight is 367 g/mol. The highest BCUT2D eigenvalue weighted by Gasteiger charge is 2.35. The number of benzene rings is 1. The first-order valence-electron chi connectivity index (χ1n) is 8.58. The molecular weight excluding hydrogens is 344 g/mol. The lowest BCUT2D eigenvalue weighted by atomic mass is 10.00. The van der Waals surface area contributed by atoms with E-state index in [9.17, 15) is 9.59 Å². The summed E-state index contributed by atoms with van der Waals surface area (Å²) in [4.78, 5) is 26.3. The van der Waals surface area contributed by atoms with E-state index >= 15 is 0 Å². The van der Waals surface area contributed by atoms with Gasteiger partial charge in [0.2, 0.25) is 11.8 Å². The minimum absolute atomic E-state index is 0.0537. The zero-order valence-corrected chi connectivity index (χ0v) is 15.1. The van der Waals surface area contributed by atoms with E-state index in [0.29, 0.717) is 35.5 Å². The van der Waals surface area contributed by atoms with E-state index in [1.807, 2.05) is 0 Å². The number of nitrogens with one attached hydrogen (secondary N) is 1. The topological polar surface area (TPSA) is 67.9 Å². The quantitative estimate of drug-likeness (QED) is 0.867. The maximum absolute atomic E-state index is 12.4. The van der Waals surface area contributed by atoms with Crippen molar-refractivity contribution in [1.29, 1.82) is 0 Å². The summed E-state index contributed by atoms with van der Waals surface area (Å²) in [5.74, 6) is 0.580. The molecule has 0 saturated carbocycles. The van der Waals surface area contributed by atoms with Crippen LogP contribution >= 0.6 is 11.6 Å². The van der Waals surface area contributed by atoms with Gasteiger partial charge in [-0.2, -0.15) is 0 Å². The van der Waals surface area contributed by atoms with Crippen molar-refractivity contribution in [3.63, 3.8) is 0 Å². The SMILES string of the molecule is COc1ccc(N2CC(C(=O)NCC3CCOCC3)CC2=O)cc1Cl. The van der Waals surface area contributed by atoms with Crippen LogP contribution in [-0.2, 0) is 14.3 Å². The van der Waals surface area contributed by atoms with Gasteiger partial charge in [0, 0.05) is 38.4 Å². The number of anilines is 1. The van der Waals surface area contributed by atoms with Gasteiger partial charge in [0.05, 0.1) is 18.1 Å². The number of hydrogen-bond acceptors (Lipinski definition) is 4. The lowest BCUT2D eigenvalue weighted by Crippen LogP contribution is -2.37. The van der Waals surface area contributed by atoms with Crippen molar-refractivity contribution >= 4 is 29.1 Å². The standard InChI is InChI=1S/C18H23ClN2O4/c1-24-16-3-2-14(9-15(16)19)21-11-13(8-17(21)22)18(23)20-10-12-4-6-25-7-5-12/h2-3,9,12-13H,4-8,10-11H2,1H3,(H,20,23). The van der Waals surface area contributed by atoms with Crippen LogP contribution in [0.4, 0.5) is 5.69 Å². The van der Waals surface area contributed by atoms with Gasteiger partial charge in [-0.15, -0.1) is 0 Å². The summed E-state index contributed by atoms with van der Waals surface area (Å²) in [5.41, 5.74) is 0.690. The molecule has 2 saturated heterocycles. The van der Waals surface area contributed by atoms with E-state index in [1.54, 1.807) is 30.2 Å². The minimum Gasteiger partial charge on any atom is -0.495 e. The zero-order valence-electron chi connectivity index (χ0n) is 14.3. The molecule has 136 valence electrons. The second kappa shape index (κ2) is 8.06. The Morgan fingerprint density at radius 2 is 2.16 bits per heavy atom. The van der Waals surface area contributed by atoms with Crippen LogP contribution in [-0.4, -0.2) is 45.2 Å². The van der Waals surface area contributed by atoms with Crippen LogP contribution in [0.15, 0.2) is 18.2 Å². The smallest absolute Gasteiger partial charge is 0.227 e. The summed E-state index contributed by atoms with van der Waals surface area (Å²) in [5, 5.41) is 3.44. The Bertz CT molecular complexity index is 646. The number of hydrogen-bond donors (Lipinski definition) is 1. The summed E-state index contributed by atoms with van der Waals surface area (Å²) in [6.07, 6.45) is 2.17. The number of nitrogens with zero attached hydrogens (tertiary/aromatic N) is 1. The van der Waals surface area contributed by atoms with Gasteiger partial charge in [0.25, 0.3) is 0 Å². The molecule has 7 heteroatoms. The average Bonchev–Trinajstić information content (AvgIpc) is 3.02. The fourth-order valence-electron chi connectivity index (χ4n) is 3.30. The van der Waals surface area contributed by atoms with Crippen molar-refractivity contribution in [3.05, 3.63) is 23.2 Å². The Balaban J connectivity index is 1.57. The normalized spacial score (nSPS) is 21.4. The molecule has 1 atom stereocenters. The maximum Gasteiger partial charge on any atom is 0.227 e. The molecule has 6 nitrogen and oxygen atoms in total. The van der Waals surface area contributed by atoms with E-state index < -0.39 is 0 Å². The van der Waals surface area contributed by atoms with E-state index in [0.717, 1.165) is 26.1 Å². The molecule has 0 aliphatic carbocycles. The number of rotatable bonds is 5. The van der Waals surface area contributed by atoms with E-state index in [-0.39, 0.29) is 24.2 Å². The molecule has 0 bridgehead atoms. The molecule has 1 unspecified atom stereocenters. The molecule has 2 amide bonds. The summed E-state index contributed by atoms with van der Waals surface area (Å²) in [6, 6.07) is 5.20. The molecule has 2 aliphatic rings. The van der Waals surface area contributed by atoms with E-state index in [1.165, 1.54) is 0 Å². The van der Waals surface area contributed by atoms with Crippen LogP contribution in [0.25, 0.3) is 0 Å². The molecule has 2 heterocycles. The van der Waals surface area contributed by atoms with Crippen LogP contribution in [0.1, 0.15) is 19.3 Å². The minimum atomic E-state index is -0.326. The van der Waals surface area contributed by atoms with Gasteiger partial charge in [-0.1, -0.05) is 11.6 Å². The molecule has 0 aromatic heterocycles. The Kier molecular flexibility index (Phi) is 5.81. The number of amides is 2. The number of carbonyl (C=O) groups is 2. The molecule has 0 spiro atoms. The van der Waals surface area contributed by atoms with Gasteiger partial charge in [-0.3, -0.25) is 9.59 Å². The Hall–Kier alpha value is -1.79. The van der Waals surface area contributed by atoms with Crippen LogP contribution < -0.4 is 15.0 Å². The molecule has 2 aliphatic heterocycles. The van der Waals surface area contributed by atoms with Crippen molar-refractivity contribution in [3.8, 4) is 5.75 Å². The van der Waals surface area contributed by atoms with Gasteiger partial charge < -0.3 is 19.7 Å². The molecule has 0 radical (unpaired) electrons. The van der Waals surface area contributed by atoms with Crippen LogP contribution in [0, 0.1) is 11.8 Å². The number of ether oxygens (including phenoxy) is 2. The summed E-state index contributed by atoms with van der Waals surface area (Å²) in [7, 11) is 1.54. The van der Waals surface area contributed by atoms with Crippen LogP contribution in [0.5, 0.6) is 5.75 Å². The lowest BCUT2D eigenvalue weighted by Gasteiger charge is -2.23. The molecule has 1 N–H and O–H groups in total. The molecule has 3 rings (SSSR count). The van der Waals surface area contributed by atoms with Crippen LogP contribution in [0.3, 0.4) is 0 Å². The third-order valence-corrected chi connectivity index (χ3v) is 5.14. The Morgan fingerprint density at radius 3 is 2.84 bits per heavy atom. The monoisotopic (exact) mass is 366 g/mol. The summed E-state index contributed by atoms with van der Waals surface area (Å²) < 4.78 is 10.5. The van der Waals surface area contributed by atoms with E-state index in [4.69, 9.17) is 21.1 Å². The Labute approximate surface area is 152 Å². The highest BCUT2D eigenvalue weighted by molar-refractivity contribution is 6.32. The Morgan fingerprint density at radius 1 is 1.40 bits per heavy atom. The van der Waals surface area contributed by atoms with Gasteiger partial charge in [-0.05, 0) is 37.0 Å². The summed E-state index contributed by atoms with van der Waals surface area (Å²) in [6.45, 7) is 2.55. The van der Waals surface area contributed by atoms with Crippen molar-refractivity contribution in [2.24, 2.45) is 11.8 Å². The lowest BCUT2D eigenvalue weighted by molar-refractivity contribution is -0.126. The first-order valence-corrected chi connectivity index (χ1v) is 8.95. The number of carbonyl (C=O) groups excluding carboxylic acids is 2. The molecule has 2 fully saturated rings. The zero-order chi connectivity index (χ0) is 17.8. The summed E-state index contributed by atoms with van der Waals surface area (Å²) >= 11 is 6.14. The predicted molar refractivity (Wildman–Crippen MR) is 95.0 cm³/mol. The second-order valence-electron chi connectivity index (χ2n) is 6.53.